The molecule has 2 N–H and O–H groups in total. The van der Waals surface area contributed by atoms with E-state index in [-0.39, 0.29) is 17.6 Å². The summed E-state index contributed by atoms with van der Waals surface area (Å²) in [6.07, 6.45) is 3.46. The zero-order valence-electron chi connectivity index (χ0n) is 20.3. The van der Waals surface area contributed by atoms with Gasteiger partial charge in [0.05, 0.1) is 28.5 Å². The smallest absolute Gasteiger partial charge is 0.164 e. The lowest BCUT2D eigenvalue weighted by atomic mass is 9.91. The van der Waals surface area contributed by atoms with Gasteiger partial charge in [-0.05, 0) is 45.8 Å². The number of piperidine rings is 1. The summed E-state index contributed by atoms with van der Waals surface area (Å²) in [7, 11) is -2.98. The maximum atomic E-state index is 11.9. The summed E-state index contributed by atoms with van der Waals surface area (Å²) in [5, 5.41) is 6.89. The zero-order valence-corrected chi connectivity index (χ0v) is 21.1. The first-order valence-electron chi connectivity index (χ1n) is 12.6. The number of hydrogen-bond donors (Lipinski definition) is 2. The van der Waals surface area contributed by atoms with Gasteiger partial charge in [-0.2, -0.15) is 0 Å². The van der Waals surface area contributed by atoms with Gasteiger partial charge in [-0.3, -0.25) is 9.88 Å². The molecule has 4 aliphatic heterocycles. The molecule has 0 unspecified atom stereocenters. The summed E-state index contributed by atoms with van der Waals surface area (Å²) in [5.41, 5.74) is 3.71. The van der Waals surface area contributed by atoms with E-state index in [1.54, 1.807) is 6.33 Å². The van der Waals surface area contributed by atoms with Gasteiger partial charge < -0.3 is 20.3 Å². The molecule has 0 aliphatic carbocycles. The van der Waals surface area contributed by atoms with Gasteiger partial charge in [-0.15, -0.1) is 0 Å². The van der Waals surface area contributed by atoms with Crippen LogP contribution < -0.4 is 20.3 Å². The van der Waals surface area contributed by atoms with Gasteiger partial charge in [0.1, 0.15) is 24.1 Å². The Balaban J connectivity index is 1.27. The van der Waals surface area contributed by atoms with E-state index in [1.165, 1.54) is 0 Å². The molecule has 11 heteroatoms. The fourth-order valence-electron chi connectivity index (χ4n) is 5.63. The Morgan fingerprint density at radius 2 is 1.83 bits per heavy atom. The molecule has 0 amide bonds. The molecular formula is C24H33N7O3S. The highest BCUT2D eigenvalue weighted by molar-refractivity contribution is 7.91. The number of ether oxygens (including phenoxy) is 1. The highest BCUT2D eigenvalue weighted by atomic mass is 32.2. The lowest BCUT2D eigenvalue weighted by Crippen LogP contribution is -2.58. The number of anilines is 3. The fraction of sp³-hybridized carbons (Fsp3) is 0.625. The van der Waals surface area contributed by atoms with Crippen LogP contribution in [-0.4, -0.2) is 85.1 Å². The number of nitrogens with zero attached hydrogens (tertiary/aromatic N) is 5. The second-order valence-electron chi connectivity index (χ2n) is 10.1. The van der Waals surface area contributed by atoms with Gasteiger partial charge in [0.15, 0.2) is 15.6 Å². The lowest BCUT2D eigenvalue weighted by molar-refractivity contribution is 0.112. The summed E-state index contributed by atoms with van der Waals surface area (Å²) in [6.45, 7) is 9.28. The average Bonchev–Trinajstić information content (AvgIpc) is 2.95. The van der Waals surface area contributed by atoms with Crippen molar-refractivity contribution in [3.8, 4) is 5.75 Å². The van der Waals surface area contributed by atoms with Crippen LogP contribution in [0.4, 0.5) is 17.3 Å². The zero-order chi connectivity index (χ0) is 24.2. The Morgan fingerprint density at radius 1 is 1.09 bits per heavy atom. The molecule has 0 radical (unpaired) electrons. The Morgan fingerprint density at radius 3 is 2.51 bits per heavy atom. The Labute approximate surface area is 206 Å². The number of likely N-dealkylation sites (tertiary alicyclic amines) is 1. The minimum atomic E-state index is -2.98. The minimum absolute atomic E-state index is 0.136. The van der Waals surface area contributed by atoms with E-state index in [2.05, 4.69) is 31.6 Å². The number of nitrogens with one attached hydrogen (secondary N) is 2. The molecule has 2 aromatic rings. The predicted molar refractivity (Wildman–Crippen MR) is 134 cm³/mol. The summed E-state index contributed by atoms with van der Waals surface area (Å²) in [6, 6.07) is 2.82. The SMILES string of the molecule is Cc1nc(C2CCN(C3CNC3)CC2)cc2c1O[C@H](C)c1c(ncnc1N1CCS(=O)(=O)CC1)N2. The summed E-state index contributed by atoms with van der Waals surface area (Å²) in [4.78, 5) is 18.7. The number of fused-ring (bicyclic) bond motifs is 2. The van der Waals surface area contributed by atoms with Crippen LogP contribution in [-0.2, 0) is 9.84 Å². The molecule has 3 saturated heterocycles. The molecule has 188 valence electrons. The molecule has 6 heterocycles. The molecule has 0 bridgehead atoms. The van der Waals surface area contributed by atoms with Crippen molar-refractivity contribution in [1.29, 1.82) is 0 Å². The second-order valence-corrected chi connectivity index (χ2v) is 12.4. The van der Waals surface area contributed by atoms with Gasteiger partial charge in [-0.1, -0.05) is 0 Å². The van der Waals surface area contributed by atoms with Gasteiger partial charge in [-0.25, -0.2) is 18.4 Å². The molecule has 0 saturated carbocycles. The molecule has 6 rings (SSSR count). The molecule has 0 spiro atoms. The fourth-order valence-corrected chi connectivity index (χ4v) is 6.83. The third kappa shape index (κ3) is 4.34. The number of rotatable bonds is 3. The van der Waals surface area contributed by atoms with Crippen molar-refractivity contribution in [3.05, 3.63) is 29.3 Å². The van der Waals surface area contributed by atoms with Crippen molar-refractivity contribution in [2.24, 2.45) is 0 Å². The summed E-state index contributed by atoms with van der Waals surface area (Å²) in [5.74, 6) is 2.89. The Hall–Kier alpha value is -2.50. The molecule has 3 fully saturated rings. The lowest BCUT2D eigenvalue weighted by Gasteiger charge is -2.42. The van der Waals surface area contributed by atoms with Crippen LogP contribution in [0.25, 0.3) is 0 Å². The van der Waals surface area contributed by atoms with Gasteiger partial charge in [0.25, 0.3) is 0 Å². The maximum Gasteiger partial charge on any atom is 0.164 e. The number of sulfone groups is 1. The van der Waals surface area contributed by atoms with Crippen molar-refractivity contribution in [1.82, 2.24) is 25.2 Å². The first kappa shape index (κ1) is 22.9. The van der Waals surface area contributed by atoms with E-state index in [0.717, 1.165) is 73.2 Å². The number of aromatic nitrogens is 3. The molecule has 2 aromatic heterocycles. The topological polar surface area (TPSA) is 113 Å². The molecule has 1 atom stereocenters. The second kappa shape index (κ2) is 8.86. The van der Waals surface area contributed by atoms with E-state index in [9.17, 15) is 8.42 Å². The summed E-state index contributed by atoms with van der Waals surface area (Å²) < 4.78 is 30.3. The van der Waals surface area contributed by atoms with Crippen LogP contribution in [0.2, 0.25) is 0 Å². The molecule has 10 nitrogen and oxygen atoms in total. The van der Waals surface area contributed by atoms with Crippen LogP contribution in [0.3, 0.4) is 0 Å². The van der Waals surface area contributed by atoms with E-state index in [4.69, 9.17) is 9.72 Å². The van der Waals surface area contributed by atoms with E-state index < -0.39 is 9.84 Å². The van der Waals surface area contributed by atoms with Crippen LogP contribution in [0.5, 0.6) is 5.75 Å². The predicted octanol–water partition coefficient (Wildman–Crippen LogP) is 1.76. The van der Waals surface area contributed by atoms with Crippen LogP contribution >= 0.6 is 0 Å². The number of aryl methyl sites for hydroxylation is 1. The van der Waals surface area contributed by atoms with Crippen LogP contribution in [0, 0.1) is 6.92 Å². The first-order valence-corrected chi connectivity index (χ1v) is 14.4. The highest BCUT2D eigenvalue weighted by Gasteiger charge is 2.33. The third-order valence-corrected chi connectivity index (χ3v) is 9.46. The monoisotopic (exact) mass is 499 g/mol. The normalized spacial score (nSPS) is 25.0. The van der Waals surface area contributed by atoms with E-state index in [1.807, 2.05) is 18.7 Å². The highest BCUT2D eigenvalue weighted by Crippen LogP contribution is 2.44. The van der Waals surface area contributed by atoms with Crippen molar-refractivity contribution in [2.75, 3.05) is 61.0 Å². The molecule has 0 aromatic carbocycles. The summed E-state index contributed by atoms with van der Waals surface area (Å²) >= 11 is 0. The standard InChI is InChI=1S/C24H33N7O3S/c1-15-22-20(11-19(28-15)17-3-5-30(6-4-17)18-12-25-13-18)29-23-21(16(2)34-22)24(27-14-26-23)31-7-9-35(32,33)10-8-31/h11,14,16-18,25H,3-10,12-13H2,1-2H3,(H,26,27,29)/t16-/m1/s1. The van der Waals surface area contributed by atoms with Gasteiger partial charge in [0.2, 0.25) is 0 Å². The molecule has 4 aliphatic rings. The number of pyridine rings is 1. The Kier molecular flexibility index (Phi) is 5.81. The average molecular weight is 500 g/mol. The first-order chi connectivity index (χ1) is 16.9. The van der Waals surface area contributed by atoms with Gasteiger partial charge in [0, 0.05) is 43.8 Å². The van der Waals surface area contributed by atoms with Crippen LogP contribution in [0.15, 0.2) is 12.4 Å². The maximum absolute atomic E-state index is 11.9. The van der Waals surface area contributed by atoms with Crippen molar-refractivity contribution >= 4 is 27.2 Å². The van der Waals surface area contributed by atoms with Gasteiger partial charge >= 0.3 is 0 Å². The van der Waals surface area contributed by atoms with Crippen molar-refractivity contribution in [3.63, 3.8) is 0 Å². The van der Waals surface area contributed by atoms with E-state index >= 15 is 0 Å². The van der Waals surface area contributed by atoms with Crippen molar-refractivity contribution < 1.29 is 13.2 Å². The molecular weight excluding hydrogens is 466 g/mol. The number of hydrogen-bond acceptors (Lipinski definition) is 10. The van der Waals surface area contributed by atoms with Crippen molar-refractivity contribution in [2.45, 2.75) is 44.8 Å². The minimum Gasteiger partial charge on any atom is -0.482 e. The Bertz CT molecular complexity index is 1210. The third-order valence-electron chi connectivity index (χ3n) is 7.85. The van der Waals surface area contributed by atoms with Crippen LogP contribution in [0.1, 0.15) is 48.7 Å². The largest absolute Gasteiger partial charge is 0.482 e. The molecule has 35 heavy (non-hydrogen) atoms. The quantitative estimate of drug-likeness (QED) is 0.648. The van der Waals surface area contributed by atoms with E-state index in [0.29, 0.717) is 30.9 Å².